The van der Waals surface area contributed by atoms with E-state index in [0.29, 0.717) is 16.7 Å². The Kier molecular flexibility index (Phi) is 3.31. The molecule has 0 aliphatic rings. The topological polar surface area (TPSA) is 64.1 Å². The molecule has 0 radical (unpaired) electrons. The van der Waals surface area contributed by atoms with Gasteiger partial charge in [-0.25, -0.2) is 0 Å². The van der Waals surface area contributed by atoms with Gasteiger partial charge in [-0.3, -0.25) is 0 Å². The zero-order valence-corrected chi connectivity index (χ0v) is 11.3. The van der Waals surface area contributed by atoms with Crippen LogP contribution in [-0.2, 0) is 0 Å². The van der Waals surface area contributed by atoms with Gasteiger partial charge >= 0.3 is 0 Å². The molecule has 4 nitrogen and oxygen atoms in total. The van der Waals surface area contributed by atoms with Gasteiger partial charge in [0.15, 0.2) is 0 Å². The number of rotatable bonds is 3. The van der Waals surface area contributed by atoms with Gasteiger partial charge in [0.1, 0.15) is 12.0 Å². The number of nitrogens with two attached hydrogens (primary N) is 1. The van der Waals surface area contributed by atoms with Gasteiger partial charge in [0, 0.05) is 22.0 Å². The van der Waals surface area contributed by atoms with Crippen molar-refractivity contribution < 1.29 is 4.42 Å². The van der Waals surface area contributed by atoms with Crippen molar-refractivity contribution in [1.29, 1.82) is 0 Å². The molecule has 2 aromatic carbocycles. The molecule has 3 N–H and O–H groups in total. The van der Waals surface area contributed by atoms with E-state index in [9.17, 15) is 0 Å². The first-order valence-electron chi connectivity index (χ1n) is 6.05. The van der Waals surface area contributed by atoms with Gasteiger partial charge in [-0.1, -0.05) is 23.7 Å². The van der Waals surface area contributed by atoms with Crippen molar-refractivity contribution in [3.63, 3.8) is 0 Å². The lowest BCUT2D eigenvalue weighted by molar-refractivity contribution is 0.578. The molecule has 0 spiro atoms. The maximum Gasteiger partial charge on any atom is 0.299 e. The molecule has 0 atom stereocenters. The van der Waals surface area contributed by atoms with Crippen LogP contribution >= 0.6 is 11.6 Å². The minimum Gasteiger partial charge on any atom is -0.431 e. The molecule has 0 amide bonds. The molecule has 1 aromatic heterocycles. The molecule has 20 heavy (non-hydrogen) atoms. The van der Waals surface area contributed by atoms with Crippen LogP contribution in [0.3, 0.4) is 0 Å². The van der Waals surface area contributed by atoms with Gasteiger partial charge in [0.05, 0.1) is 0 Å². The van der Waals surface area contributed by atoms with Crippen LogP contribution in [0.15, 0.2) is 59.2 Å². The first kappa shape index (κ1) is 12.6. The van der Waals surface area contributed by atoms with Gasteiger partial charge in [-0.05, 0) is 36.4 Å². The maximum absolute atomic E-state index is 5.86. The van der Waals surface area contributed by atoms with Crippen molar-refractivity contribution in [3.05, 3.63) is 59.8 Å². The van der Waals surface area contributed by atoms with Crippen molar-refractivity contribution in [3.8, 4) is 11.3 Å². The number of hydrogen-bond donors (Lipinski definition) is 2. The Labute approximate surface area is 121 Å². The normalized spacial score (nSPS) is 10.4. The third-order valence-electron chi connectivity index (χ3n) is 2.81. The summed E-state index contributed by atoms with van der Waals surface area (Å²) in [6, 6.07) is 15.2. The minimum atomic E-state index is 0.430. The SMILES string of the molecule is Nc1ccc(Nc2nc(-c3ccc(Cl)cc3)co2)cc1. The minimum absolute atomic E-state index is 0.430. The number of nitrogen functional groups attached to an aromatic ring is 1. The van der Waals surface area contributed by atoms with Crippen LogP contribution in [0.2, 0.25) is 5.02 Å². The molecule has 3 rings (SSSR count). The fourth-order valence-electron chi connectivity index (χ4n) is 1.77. The molecule has 5 heteroatoms. The number of hydrogen-bond acceptors (Lipinski definition) is 4. The second kappa shape index (κ2) is 5.27. The van der Waals surface area contributed by atoms with Crippen molar-refractivity contribution >= 4 is 29.0 Å². The Bertz CT molecular complexity index is 705. The summed E-state index contributed by atoms with van der Waals surface area (Å²) < 4.78 is 5.40. The van der Waals surface area contributed by atoms with Crippen molar-refractivity contribution in [2.45, 2.75) is 0 Å². The molecule has 0 saturated carbocycles. The van der Waals surface area contributed by atoms with Crippen molar-refractivity contribution in [1.82, 2.24) is 4.98 Å². The van der Waals surface area contributed by atoms with Crippen molar-refractivity contribution in [2.24, 2.45) is 0 Å². The smallest absolute Gasteiger partial charge is 0.299 e. The molecule has 100 valence electrons. The summed E-state index contributed by atoms with van der Waals surface area (Å²) in [6.07, 6.45) is 1.60. The number of oxazole rings is 1. The summed E-state index contributed by atoms with van der Waals surface area (Å²) in [5.74, 6) is 0. The van der Waals surface area contributed by atoms with E-state index in [0.717, 1.165) is 16.9 Å². The highest BCUT2D eigenvalue weighted by Gasteiger charge is 2.06. The average molecular weight is 286 g/mol. The van der Waals surface area contributed by atoms with Crippen molar-refractivity contribution in [2.75, 3.05) is 11.1 Å². The van der Waals surface area contributed by atoms with Crippen LogP contribution in [0, 0.1) is 0 Å². The summed E-state index contributed by atoms with van der Waals surface area (Å²) in [5.41, 5.74) is 8.91. The van der Waals surface area contributed by atoms with Gasteiger partial charge < -0.3 is 15.5 Å². The number of halogens is 1. The van der Waals surface area contributed by atoms with Crippen LogP contribution in [0.4, 0.5) is 17.4 Å². The Morgan fingerprint density at radius 1 is 1.00 bits per heavy atom. The molecule has 3 aromatic rings. The number of anilines is 3. The molecular formula is C15H12ClN3O. The fraction of sp³-hybridized carbons (Fsp3) is 0. The monoisotopic (exact) mass is 285 g/mol. The molecule has 1 heterocycles. The van der Waals surface area contributed by atoms with Gasteiger partial charge in [-0.2, -0.15) is 4.98 Å². The number of nitrogens with zero attached hydrogens (tertiary/aromatic N) is 1. The standard InChI is InChI=1S/C15H12ClN3O/c16-11-3-1-10(2-4-11)14-9-20-15(19-14)18-13-7-5-12(17)6-8-13/h1-9H,17H2,(H,18,19). The van der Waals surface area contributed by atoms with Gasteiger partial charge in [0.25, 0.3) is 6.01 Å². The third-order valence-corrected chi connectivity index (χ3v) is 3.06. The number of nitrogens with one attached hydrogen (secondary N) is 1. The predicted octanol–water partition coefficient (Wildman–Crippen LogP) is 4.32. The summed E-state index contributed by atoms with van der Waals surface area (Å²) >= 11 is 5.86. The lowest BCUT2D eigenvalue weighted by Crippen LogP contribution is -1.91. The van der Waals surface area contributed by atoms with E-state index in [2.05, 4.69) is 10.3 Å². The Hall–Kier alpha value is -2.46. The van der Waals surface area contributed by atoms with E-state index in [1.807, 2.05) is 48.5 Å². The van der Waals surface area contributed by atoms with E-state index in [4.69, 9.17) is 21.8 Å². The fourth-order valence-corrected chi connectivity index (χ4v) is 1.90. The second-order valence-electron chi connectivity index (χ2n) is 4.29. The molecule has 0 aliphatic heterocycles. The van der Waals surface area contributed by atoms with Gasteiger partial charge in [-0.15, -0.1) is 0 Å². The maximum atomic E-state index is 5.86. The molecule has 0 saturated heterocycles. The highest BCUT2D eigenvalue weighted by atomic mass is 35.5. The molecule has 0 fully saturated rings. The highest BCUT2D eigenvalue weighted by Crippen LogP contribution is 2.24. The molecule has 0 aliphatic carbocycles. The van der Waals surface area contributed by atoms with Crippen LogP contribution in [-0.4, -0.2) is 4.98 Å². The second-order valence-corrected chi connectivity index (χ2v) is 4.73. The lowest BCUT2D eigenvalue weighted by Gasteiger charge is -2.01. The van der Waals surface area contributed by atoms with E-state index in [-0.39, 0.29) is 0 Å². The van der Waals surface area contributed by atoms with Crippen LogP contribution in [0.25, 0.3) is 11.3 Å². The van der Waals surface area contributed by atoms with E-state index >= 15 is 0 Å². The molecule has 0 unspecified atom stereocenters. The largest absolute Gasteiger partial charge is 0.431 e. The Balaban J connectivity index is 1.80. The van der Waals surface area contributed by atoms with Crippen LogP contribution in [0.5, 0.6) is 0 Å². The zero-order chi connectivity index (χ0) is 13.9. The quantitative estimate of drug-likeness (QED) is 0.703. The number of benzene rings is 2. The Morgan fingerprint density at radius 3 is 2.40 bits per heavy atom. The molecular weight excluding hydrogens is 274 g/mol. The van der Waals surface area contributed by atoms with Gasteiger partial charge in [0.2, 0.25) is 0 Å². The Morgan fingerprint density at radius 2 is 1.70 bits per heavy atom. The van der Waals surface area contributed by atoms with Crippen LogP contribution < -0.4 is 11.1 Å². The first-order valence-corrected chi connectivity index (χ1v) is 6.42. The summed E-state index contributed by atoms with van der Waals surface area (Å²) in [7, 11) is 0. The highest BCUT2D eigenvalue weighted by molar-refractivity contribution is 6.30. The zero-order valence-electron chi connectivity index (χ0n) is 10.5. The van der Waals surface area contributed by atoms with Crippen LogP contribution in [0.1, 0.15) is 0 Å². The summed E-state index contributed by atoms with van der Waals surface area (Å²) in [6.45, 7) is 0. The summed E-state index contributed by atoms with van der Waals surface area (Å²) in [5, 5.41) is 3.77. The number of aromatic nitrogens is 1. The predicted molar refractivity (Wildman–Crippen MR) is 81.1 cm³/mol. The van der Waals surface area contributed by atoms with E-state index in [1.54, 1.807) is 6.26 Å². The lowest BCUT2D eigenvalue weighted by atomic mass is 10.2. The average Bonchev–Trinajstić information content (AvgIpc) is 2.91. The first-order chi connectivity index (χ1) is 9.70. The molecule has 0 bridgehead atoms. The third kappa shape index (κ3) is 2.75. The van der Waals surface area contributed by atoms with E-state index in [1.165, 1.54) is 0 Å². The summed E-state index contributed by atoms with van der Waals surface area (Å²) in [4.78, 5) is 4.38. The van der Waals surface area contributed by atoms with E-state index < -0.39 is 0 Å².